The second-order valence-electron chi connectivity index (χ2n) is 11.0. The van der Waals surface area contributed by atoms with E-state index in [1.807, 2.05) is 62.9 Å². The third kappa shape index (κ3) is 4.71. The van der Waals surface area contributed by atoms with Gasteiger partial charge in [0.15, 0.2) is 0 Å². The second-order valence-corrected chi connectivity index (χ2v) is 11.0. The van der Waals surface area contributed by atoms with Crippen molar-refractivity contribution in [3.05, 3.63) is 131 Å². The number of nitrogens with zero attached hydrogens (tertiary/aromatic N) is 4. The van der Waals surface area contributed by atoms with Gasteiger partial charge in [0.2, 0.25) is 5.91 Å². The molecule has 3 aromatic carbocycles. The summed E-state index contributed by atoms with van der Waals surface area (Å²) in [6, 6.07) is 29.2. The van der Waals surface area contributed by atoms with Crippen LogP contribution in [-0.4, -0.2) is 59.0 Å². The lowest BCUT2D eigenvalue weighted by atomic mass is 9.70. The van der Waals surface area contributed by atoms with Crippen molar-refractivity contribution in [3.8, 4) is 0 Å². The zero-order valence-corrected chi connectivity index (χ0v) is 23.3. The number of hydrogen-bond donors (Lipinski definition) is 0. The third-order valence-electron chi connectivity index (χ3n) is 8.46. The predicted molar refractivity (Wildman–Crippen MR) is 163 cm³/mol. The number of likely N-dealkylation sites (tertiary alicyclic amines) is 1. The first kappa shape index (κ1) is 26.0. The van der Waals surface area contributed by atoms with Crippen LogP contribution in [0.1, 0.15) is 47.3 Å². The van der Waals surface area contributed by atoms with Gasteiger partial charge in [0.25, 0.3) is 0 Å². The molecule has 0 bridgehead atoms. The summed E-state index contributed by atoms with van der Waals surface area (Å²) in [6.45, 7) is 2.77. The summed E-state index contributed by atoms with van der Waals surface area (Å²) >= 11 is 0. The Morgan fingerprint density at radius 1 is 0.875 bits per heavy atom. The maximum Gasteiger partial charge on any atom is 0.237 e. The number of benzene rings is 3. The number of carbonyl (C=O) groups excluding carboxylic acids is 1. The fourth-order valence-corrected chi connectivity index (χ4v) is 6.39. The van der Waals surface area contributed by atoms with Crippen molar-refractivity contribution in [1.82, 2.24) is 19.4 Å². The number of rotatable bonds is 6. The summed E-state index contributed by atoms with van der Waals surface area (Å²) in [6.07, 6.45) is 10.9. The van der Waals surface area contributed by atoms with Crippen molar-refractivity contribution in [2.75, 3.05) is 33.7 Å². The van der Waals surface area contributed by atoms with Crippen LogP contribution in [-0.2, 0) is 10.2 Å². The van der Waals surface area contributed by atoms with E-state index in [2.05, 4.69) is 70.3 Å². The summed E-state index contributed by atoms with van der Waals surface area (Å²) in [5.74, 6) is 1.15. The number of fused-ring (bicyclic) bond motifs is 2. The van der Waals surface area contributed by atoms with Crippen molar-refractivity contribution in [1.29, 1.82) is 0 Å². The quantitative estimate of drug-likeness (QED) is 0.264. The van der Waals surface area contributed by atoms with E-state index in [9.17, 15) is 4.79 Å². The van der Waals surface area contributed by atoms with Gasteiger partial charge in [0.05, 0.1) is 0 Å². The topological polar surface area (TPSA) is 41.4 Å². The van der Waals surface area contributed by atoms with Gasteiger partial charge in [-0.25, -0.2) is 4.98 Å². The normalized spacial score (nSPS) is 15.3. The lowest BCUT2D eigenvalue weighted by Crippen LogP contribution is -2.47. The smallest absolute Gasteiger partial charge is 0.237 e. The molecule has 2 aliphatic rings. The van der Waals surface area contributed by atoms with Crippen LogP contribution in [0.3, 0.4) is 0 Å². The van der Waals surface area contributed by atoms with Crippen LogP contribution in [0.5, 0.6) is 0 Å². The molecular formula is C35H36N4O. The molecule has 5 heteroatoms. The molecule has 0 atom stereocenters. The van der Waals surface area contributed by atoms with E-state index in [0.717, 1.165) is 55.8 Å². The van der Waals surface area contributed by atoms with Gasteiger partial charge in [0, 0.05) is 51.4 Å². The lowest BCUT2D eigenvalue weighted by molar-refractivity contribution is -0.133. The van der Waals surface area contributed by atoms with Crippen molar-refractivity contribution in [3.63, 3.8) is 0 Å². The Balaban J connectivity index is 1.29. The largest absolute Gasteiger partial charge is 0.348 e. The van der Waals surface area contributed by atoms with Crippen molar-refractivity contribution < 1.29 is 4.79 Å². The molecule has 1 saturated heterocycles. The van der Waals surface area contributed by atoms with Crippen LogP contribution < -0.4 is 0 Å². The van der Waals surface area contributed by atoms with Gasteiger partial charge < -0.3 is 14.4 Å². The lowest BCUT2D eigenvalue weighted by Gasteiger charge is -2.38. The zero-order chi connectivity index (χ0) is 27.5. The average molecular weight is 529 g/mol. The highest BCUT2D eigenvalue weighted by atomic mass is 16.2. The predicted octanol–water partition coefficient (Wildman–Crippen LogP) is 6.19. The Hall–Kier alpha value is -4.22. The van der Waals surface area contributed by atoms with E-state index in [1.165, 1.54) is 22.3 Å². The SMILES string of the molecule is CN(C)C(=O)C(CCN1CCC(=C2c3ccccc3C=Cn3ccnc32)CC1)(c1ccccc1)c1ccccc1. The number of hydrogen-bond acceptors (Lipinski definition) is 3. The molecule has 1 fully saturated rings. The van der Waals surface area contributed by atoms with Crippen molar-refractivity contribution >= 4 is 23.8 Å². The molecule has 40 heavy (non-hydrogen) atoms. The molecule has 1 amide bonds. The molecule has 2 aliphatic heterocycles. The van der Waals surface area contributed by atoms with Gasteiger partial charge in [-0.2, -0.15) is 0 Å². The standard InChI is InChI=1S/C35H36N4O/c1-37(2)34(40)35(29-12-5-3-6-13-29,30-14-7-4-8-15-30)20-25-38-22-17-28(18-23-38)32-31-16-10-9-11-27(31)19-24-39-26-21-36-33(32)39/h3-16,19,21,24,26H,17-18,20,22-23,25H2,1-2H3. The first-order chi connectivity index (χ1) is 19.6. The molecule has 0 saturated carbocycles. The van der Waals surface area contributed by atoms with E-state index in [4.69, 9.17) is 4.98 Å². The minimum Gasteiger partial charge on any atom is -0.348 e. The Morgan fingerprint density at radius 2 is 1.50 bits per heavy atom. The van der Waals surface area contributed by atoms with Crippen LogP contribution >= 0.6 is 0 Å². The highest BCUT2D eigenvalue weighted by Gasteiger charge is 2.43. The zero-order valence-electron chi connectivity index (χ0n) is 23.3. The van der Waals surface area contributed by atoms with E-state index >= 15 is 0 Å². The highest BCUT2D eigenvalue weighted by Crippen LogP contribution is 2.39. The molecule has 1 aromatic heterocycles. The monoisotopic (exact) mass is 528 g/mol. The Bertz CT molecular complexity index is 1500. The maximum absolute atomic E-state index is 14.0. The van der Waals surface area contributed by atoms with Crippen LogP contribution in [0, 0.1) is 0 Å². The van der Waals surface area contributed by atoms with Gasteiger partial charge in [-0.3, -0.25) is 4.79 Å². The maximum atomic E-state index is 14.0. The molecule has 0 spiro atoms. The molecule has 0 unspecified atom stereocenters. The Labute approximate surface area is 237 Å². The molecular weight excluding hydrogens is 492 g/mol. The molecule has 3 heterocycles. The molecule has 0 N–H and O–H groups in total. The Morgan fingerprint density at radius 3 is 2.15 bits per heavy atom. The fraction of sp³-hybridized carbons (Fsp3) is 0.257. The summed E-state index contributed by atoms with van der Waals surface area (Å²) in [5, 5.41) is 0. The summed E-state index contributed by atoms with van der Waals surface area (Å²) in [7, 11) is 3.73. The van der Waals surface area contributed by atoms with E-state index in [0.29, 0.717) is 0 Å². The van der Waals surface area contributed by atoms with Crippen molar-refractivity contribution in [2.45, 2.75) is 24.7 Å². The molecule has 202 valence electrons. The number of likely N-dealkylation sites (N-methyl/N-ethyl adjacent to an activating group) is 1. The molecule has 0 aliphatic carbocycles. The van der Waals surface area contributed by atoms with Crippen LogP contribution in [0.4, 0.5) is 0 Å². The summed E-state index contributed by atoms with van der Waals surface area (Å²) < 4.78 is 2.13. The second kappa shape index (κ2) is 11.1. The fourth-order valence-electron chi connectivity index (χ4n) is 6.39. The molecule has 4 aromatic rings. The first-order valence-corrected chi connectivity index (χ1v) is 14.2. The van der Waals surface area contributed by atoms with Gasteiger partial charge in [-0.05, 0) is 54.1 Å². The number of imidazole rings is 1. The molecule has 6 rings (SSSR count). The molecule has 5 nitrogen and oxygen atoms in total. The van der Waals surface area contributed by atoms with Gasteiger partial charge >= 0.3 is 0 Å². The van der Waals surface area contributed by atoms with Gasteiger partial charge in [-0.1, -0.05) is 90.5 Å². The van der Waals surface area contributed by atoms with Gasteiger partial charge in [0.1, 0.15) is 11.2 Å². The number of piperidine rings is 1. The van der Waals surface area contributed by atoms with E-state index < -0.39 is 5.41 Å². The van der Waals surface area contributed by atoms with Crippen LogP contribution in [0.2, 0.25) is 0 Å². The number of amides is 1. The first-order valence-electron chi connectivity index (χ1n) is 14.2. The summed E-state index contributed by atoms with van der Waals surface area (Å²) in [5.41, 5.74) is 6.59. The van der Waals surface area contributed by atoms with Gasteiger partial charge in [-0.15, -0.1) is 0 Å². The van der Waals surface area contributed by atoms with Crippen LogP contribution in [0.25, 0.3) is 17.8 Å². The Kier molecular flexibility index (Phi) is 7.23. The molecule has 0 radical (unpaired) electrons. The highest BCUT2D eigenvalue weighted by molar-refractivity contribution is 5.92. The summed E-state index contributed by atoms with van der Waals surface area (Å²) in [4.78, 5) is 23.1. The van der Waals surface area contributed by atoms with Crippen LogP contribution in [0.15, 0.2) is 103 Å². The van der Waals surface area contributed by atoms with Crippen molar-refractivity contribution in [2.24, 2.45) is 0 Å². The number of aromatic nitrogens is 2. The number of carbonyl (C=O) groups is 1. The minimum atomic E-state index is -0.735. The minimum absolute atomic E-state index is 0.124. The van der Waals surface area contributed by atoms with E-state index in [-0.39, 0.29) is 5.91 Å². The van der Waals surface area contributed by atoms with E-state index in [1.54, 1.807) is 4.90 Å². The average Bonchev–Trinajstić information content (AvgIpc) is 3.40. The third-order valence-corrected chi connectivity index (χ3v) is 8.46.